The molecule has 0 unspecified atom stereocenters. The van der Waals surface area contributed by atoms with Crippen molar-refractivity contribution in [2.75, 3.05) is 6.61 Å². The quantitative estimate of drug-likeness (QED) is 0.494. The van der Waals surface area contributed by atoms with Crippen molar-refractivity contribution in [3.63, 3.8) is 0 Å². The van der Waals surface area contributed by atoms with Crippen LogP contribution in [0.2, 0.25) is 0 Å². The van der Waals surface area contributed by atoms with Crippen LogP contribution in [0.15, 0.2) is 28.7 Å². The van der Waals surface area contributed by atoms with E-state index in [2.05, 4.69) is 4.98 Å². The maximum absolute atomic E-state index is 12.8. The molecule has 6 nitrogen and oxygen atoms in total. The predicted molar refractivity (Wildman–Crippen MR) is 115 cm³/mol. The highest BCUT2D eigenvalue weighted by molar-refractivity contribution is 5.76. The molecule has 1 heterocycles. The Balaban J connectivity index is 1.60. The highest BCUT2D eigenvalue weighted by Gasteiger charge is 2.32. The number of alkyl halides is 3. The van der Waals surface area contributed by atoms with Crippen LogP contribution >= 0.6 is 0 Å². The Hall–Kier alpha value is -2.39. The zero-order chi connectivity index (χ0) is 24.2. The molecule has 1 aromatic carbocycles. The Bertz CT molecular complexity index is 937. The van der Waals surface area contributed by atoms with Crippen molar-refractivity contribution in [1.82, 2.24) is 4.98 Å². The normalized spacial score (nSPS) is 19.6. The van der Waals surface area contributed by atoms with E-state index in [-0.39, 0.29) is 24.5 Å². The minimum atomic E-state index is -4.39. The summed E-state index contributed by atoms with van der Waals surface area (Å²) in [6, 6.07) is 4.72. The summed E-state index contributed by atoms with van der Waals surface area (Å²) < 4.78 is 55.9. The van der Waals surface area contributed by atoms with Gasteiger partial charge in [0.15, 0.2) is 5.60 Å². The third kappa shape index (κ3) is 6.57. The van der Waals surface area contributed by atoms with Gasteiger partial charge in [0.1, 0.15) is 11.5 Å². The predicted octanol–water partition coefficient (Wildman–Crippen LogP) is 5.88. The first kappa shape index (κ1) is 25.2. The fraction of sp³-hybridized carbons (Fsp3) is 0.583. The topological polar surface area (TPSA) is 81.8 Å². The highest BCUT2D eigenvalue weighted by atomic mass is 19.4. The molecule has 0 bridgehead atoms. The summed E-state index contributed by atoms with van der Waals surface area (Å²) in [5.74, 6) is 0.134. The van der Waals surface area contributed by atoms with E-state index in [4.69, 9.17) is 13.9 Å². The molecule has 0 amide bonds. The SMILES string of the molecule is CCc1oc(-c2ccc(C(F)(F)F)cc2)nc1CO[C@H]1CCC[C@@H](COC(C)(C)C(=O)O)C1. The average Bonchev–Trinajstić information content (AvgIpc) is 3.19. The van der Waals surface area contributed by atoms with Crippen LogP contribution in [-0.4, -0.2) is 34.4 Å². The van der Waals surface area contributed by atoms with Crippen LogP contribution in [0.1, 0.15) is 63.5 Å². The number of carboxylic acid groups (broad SMARTS) is 1. The molecule has 1 aliphatic carbocycles. The van der Waals surface area contributed by atoms with Gasteiger partial charge in [-0.05, 0) is 63.3 Å². The molecule has 3 rings (SSSR count). The van der Waals surface area contributed by atoms with E-state index in [1.807, 2.05) is 6.92 Å². The van der Waals surface area contributed by atoms with Crippen molar-refractivity contribution >= 4 is 5.97 Å². The second-order valence-corrected chi connectivity index (χ2v) is 8.91. The smallest absolute Gasteiger partial charge is 0.416 e. The Morgan fingerprint density at radius 2 is 1.91 bits per heavy atom. The second kappa shape index (κ2) is 10.3. The Labute approximate surface area is 191 Å². The molecule has 0 saturated heterocycles. The molecule has 9 heteroatoms. The first-order valence-electron chi connectivity index (χ1n) is 11.1. The molecular formula is C24H30F3NO5. The highest BCUT2D eigenvalue weighted by Crippen LogP contribution is 2.32. The molecule has 1 aromatic heterocycles. The summed E-state index contributed by atoms with van der Waals surface area (Å²) in [7, 11) is 0. The van der Waals surface area contributed by atoms with Crippen LogP contribution in [0.5, 0.6) is 0 Å². The van der Waals surface area contributed by atoms with Crippen LogP contribution in [0.25, 0.3) is 11.5 Å². The van der Waals surface area contributed by atoms with Gasteiger partial charge in [-0.25, -0.2) is 9.78 Å². The van der Waals surface area contributed by atoms with Crippen molar-refractivity contribution in [2.24, 2.45) is 5.92 Å². The van der Waals surface area contributed by atoms with Crippen LogP contribution in [0, 0.1) is 5.92 Å². The summed E-state index contributed by atoms with van der Waals surface area (Å²) >= 11 is 0. The van der Waals surface area contributed by atoms with Crippen LogP contribution < -0.4 is 0 Å². The largest absolute Gasteiger partial charge is 0.479 e. The van der Waals surface area contributed by atoms with E-state index in [9.17, 15) is 23.1 Å². The molecule has 0 radical (unpaired) electrons. The summed E-state index contributed by atoms with van der Waals surface area (Å²) in [6.45, 7) is 5.60. The number of ether oxygens (including phenoxy) is 2. The van der Waals surface area contributed by atoms with Gasteiger partial charge in [-0.1, -0.05) is 13.3 Å². The third-order valence-electron chi connectivity index (χ3n) is 5.94. The molecule has 182 valence electrons. The van der Waals surface area contributed by atoms with Gasteiger partial charge in [-0.2, -0.15) is 13.2 Å². The van der Waals surface area contributed by atoms with E-state index < -0.39 is 23.3 Å². The van der Waals surface area contributed by atoms with Gasteiger partial charge in [0.2, 0.25) is 5.89 Å². The number of nitrogens with zero attached hydrogens (tertiary/aromatic N) is 1. The zero-order valence-electron chi connectivity index (χ0n) is 19.1. The van der Waals surface area contributed by atoms with Crippen LogP contribution in [0.4, 0.5) is 13.2 Å². The molecule has 2 atom stereocenters. The molecule has 1 saturated carbocycles. The molecule has 1 aliphatic rings. The van der Waals surface area contributed by atoms with Gasteiger partial charge in [0.25, 0.3) is 0 Å². The van der Waals surface area contributed by atoms with Gasteiger partial charge >= 0.3 is 12.1 Å². The van der Waals surface area contributed by atoms with E-state index in [0.29, 0.717) is 30.0 Å². The summed E-state index contributed by atoms with van der Waals surface area (Å²) in [5.41, 5.74) is -0.837. The van der Waals surface area contributed by atoms with Gasteiger partial charge in [-0.3, -0.25) is 0 Å². The van der Waals surface area contributed by atoms with Gasteiger partial charge in [-0.15, -0.1) is 0 Å². The number of halogens is 3. The number of carbonyl (C=O) groups is 1. The van der Waals surface area contributed by atoms with Crippen molar-refractivity contribution < 1.29 is 37.0 Å². The van der Waals surface area contributed by atoms with Crippen molar-refractivity contribution in [1.29, 1.82) is 0 Å². The number of hydrogen-bond acceptors (Lipinski definition) is 5. The lowest BCUT2D eigenvalue weighted by Gasteiger charge is -2.31. The number of aliphatic carboxylic acids is 1. The molecule has 1 N–H and O–H groups in total. The number of rotatable bonds is 9. The number of oxazole rings is 1. The lowest BCUT2D eigenvalue weighted by molar-refractivity contribution is -0.163. The third-order valence-corrected chi connectivity index (χ3v) is 5.94. The van der Waals surface area contributed by atoms with Gasteiger partial charge < -0.3 is 19.0 Å². The lowest BCUT2D eigenvalue weighted by atomic mass is 9.87. The number of carboxylic acids is 1. The summed E-state index contributed by atoms with van der Waals surface area (Å²) in [6.07, 6.45) is -0.242. The monoisotopic (exact) mass is 469 g/mol. The maximum Gasteiger partial charge on any atom is 0.416 e. The zero-order valence-corrected chi connectivity index (χ0v) is 19.1. The van der Waals surface area contributed by atoms with Gasteiger partial charge in [0.05, 0.1) is 24.9 Å². The fourth-order valence-electron chi connectivity index (χ4n) is 3.83. The number of aromatic nitrogens is 1. The minimum absolute atomic E-state index is 0.00350. The molecule has 0 aliphatic heterocycles. The fourth-order valence-corrected chi connectivity index (χ4v) is 3.83. The Kier molecular flexibility index (Phi) is 7.84. The molecular weight excluding hydrogens is 439 g/mol. The molecule has 1 fully saturated rings. The van der Waals surface area contributed by atoms with Crippen molar-refractivity contribution in [3.8, 4) is 11.5 Å². The second-order valence-electron chi connectivity index (χ2n) is 8.91. The van der Waals surface area contributed by atoms with E-state index in [1.165, 1.54) is 26.0 Å². The molecule has 0 spiro atoms. The Morgan fingerprint density at radius 3 is 2.52 bits per heavy atom. The first-order valence-corrected chi connectivity index (χ1v) is 11.1. The van der Waals surface area contributed by atoms with Crippen molar-refractivity contribution in [2.45, 2.75) is 77.4 Å². The van der Waals surface area contributed by atoms with Gasteiger partial charge in [0, 0.05) is 12.0 Å². The number of aryl methyl sites for hydroxylation is 1. The van der Waals surface area contributed by atoms with Crippen molar-refractivity contribution in [3.05, 3.63) is 41.3 Å². The number of hydrogen-bond donors (Lipinski definition) is 1. The maximum atomic E-state index is 12.8. The number of benzene rings is 1. The van der Waals surface area contributed by atoms with E-state index in [1.54, 1.807) is 0 Å². The minimum Gasteiger partial charge on any atom is -0.479 e. The lowest BCUT2D eigenvalue weighted by Crippen LogP contribution is -2.37. The van der Waals surface area contributed by atoms with Crippen LogP contribution in [0.3, 0.4) is 0 Å². The molecule has 33 heavy (non-hydrogen) atoms. The van der Waals surface area contributed by atoms with E-state index in [0.717, 1.165) is 37.8 Å². The standard InChI is InChI=1S/C24H30F3NO5/c1-4-20-19(28-21(33-20)16-8-10-17(11-9-16)24(25,26)27)14-31-18-7-5-6-15(12-18)13-32-23(2,3)22(29)30/h8-11,15,18H,4-7,12-14H2,1-3H3,(H,29,30)/t15-,18+/m1/s1. The molecule has 2 aromatic rings. The average molecular weight is 470 g/mol. The Morgan fingerprint density at radius 1 is 1.21 bits per heavy atom. The summed E-state index contributed by atoms with van der Waals surface area (Å²) in [5, 5.41) is 9.20. The summed E-state index contributed by atoms with van der Waals surface area (Å²) in [4.78, 5) is 15.7. The van der Waals surface area contributed by atoms with Crippen LogP contribution in [-0.2, 0) is 33.5 Å². The van der Waals surface area contributed by atoms with E-state index >= 15 is 0 Å². The first-order chi connectivity index (χ1) is 15.5.